The van der Waals surface area contributed by atoms with E-state index < -0.39 is 0 Å². The highest BCUT2D eigenvalue weighted by molar-refractivity contribution is 5.94. The van der Waals surface area contributed by atoms with Crippen molar-refractivity contribution in [3.05, 3.63) is 90.6 Å². The van der Waals surface area contributed by atoms with Crippen molar-refractivity contribution in [1.29, 1.82) is 0 Å². The Kier molecular flexibility index (Phi) is 3.29. The molecule has 0 unspecified atom stereocenters. The Morgan fingerprint density at radius 3 is 2.22 bits per heavy atom. The van der Waals surface area contributed by atoms with Gasteiger partial charge in [0.15, 0.2) is 0 Å². The molecular formula is C22H15N. The van der Waals surface area contributed by atoms with E-state index in [9.17, 15) is 0 Å². The topological polar surface area (TPSA) is 12.9 Å². The van der Waals surface area contributed by atoms with Gasteiger partial charge in [0, 0.05) is 27.8 Å². The van der Waals surface area contributed by atoms with E-state index in [1.807, 2.05) is 43.3 Å². The summed E-state index contributed by atoms with van der Waals surface area (Å²) < 4.78 is 0. The summed E-state index contributed by atoms with van der Waals surface area (Å²) in [4.78, 5) is 4.60. The Labute approximate surface area is 136 Å². The van der Waals surface area contributed by atoms with Gasteiger partial charge in [0.25, 0.3) is 0 Å². The number of hydrogen-bond acceptors (Lipinski definition) is 1. The summed E-state index contributed by atoms with van der Waals surface area (Å²) in [6, 6.07) is 31.4. The Morgan fingerprint density at radius 1 is 0.739 bits per heavy atom. The first-order chi connectivity index (χ1) is 11.3. The van der Waals surface area contributed by atoms with Crippen LogP contribution in [0.1, 0.15) is 5.69 Å². The monoisotopic (exact) mass is 293 g/mol. The van der Waals surface area contributed by atoms with Crippen molar-refractivity contribution in [2.45, 2.75) is 6.92 Å². The first-order valence-corrected chi connectivity index (χ1v) is 7.67. The van der Waals surface area contributed by atoms with Crippen molar-refractivity contribution in [3.63, 3.8) is 0 Å². The minimum absolute atomic E-state index is 1.01. The molecule has 0 saturated carbocycles. The van der Waals surface area contributed by atoms with Gasteiger partial charge in [-0.1, -0.05) is 60.7 Å². The smallest absolute Gasteiger partial charge is 0.0711 e. The average molecular weight is 293 g/mol. The quantitative estimate of drug-likeness (QED) is 0.477. The zero-order chi connectivity index (χ0) is 15.6. The van der Waals surface area contributed by atoms with E-state index in [1.54, 1.807) is 0 Å². The highest BCUT2D eigenvalue weighted by Crippen LogP contribution is 2.28. The second-order valence-corrected chi connectivity index (χ2v) is 5.61. The maximum absolute atomic E-state index is 4.60. The second kappa shape index (κ2) is 5.59. The molecule has 0 fully saturated rings. The number of pyridine rings is 1. The number of aromatic nitrogens is 1. The van der Waals surface area contributed by atoms with E-state index in [0.29, 0.717) is 0 Å². The molecular weight excluding hydrogens is 278 g/mol. The molecule has 3 aromatic carbocycles. The van der Waals surface area contributed by atoms with Gasteiger partial charge in [-0.3, -0.25) is 4.98 Å². The molecule has 1 aromatic heterocycles. The van der Waals surface area contributed by atoms with E-state index in [0.717, 1.165) is 38.9 Å². The van der Waals surface area contributed by atoms with Crippen molar-refractivity contribution >= 4 is 10.9 Å². The molecule has 4 aromatic rings. The highest BCUT2D eigenvalue weighted by Gasteiger charge is 2.06. The largest absolute Gasteiger partial charge is 0.253 e. The molecule has 0 aliphatic carbocycles. The first kappa shape index (κ1) is 13.5. The van der Waals surface area contributed by atoms with Crippen LogP contribution >= 0.6 is 0 Å². The second-order valence-electron chi connectivity index (χ2n) is 5.61. The van der Waals surface area contributed by atoms with Gasteiger partial charge in [0.1, 0.15) is 0 Å². The molecule has 1 heterocycles. The molecule has 1 nitrogen and oxygen atoms in total. The number of fused-ring (bicyclic) bond motifs is 1. The molecule has 0 aliphatic rings. The number of aryl methyl sites for hydroxylation is 1. The molecule has 4 rings (SSSR count). The maximum atomic E-state index is 4.60. The van der Waals surface area contributed by atoms with Crippen molar-refractivity contribution in [1.82, 2.24) is 4.98 Å². The molecule has 1 heteroatoms. The van der Waals surface area contributed by atoms with Crippen molar-refractivity contribution < 1.29 is 0 Å². The number of benzene rings is 2. The van der Waals surface area contributed by atoms with Crippen molar-refractivity contribution in [2.75, 3.05) is 0 Å². The molecule has 0 amide bonds. The zero-order valence-corrected chi connectivity index (χ0v) is 12.9. The van der Waals surface area contributed by atoms with Crippen LogP contribution in [0, 0.1) is 19.1 Å². The first-order valence-electron chi connectivity index (χ1n) is 7.67. The standard InChI is InChI=1S/C22H15N/c1-16-15-21(20-9-5-6-10-22(20)23-16)19-13-11-18(12-14-19)17-7-3-2-4-8-17/h2-11,13,15H,1H3. The van der Waals surface area contributed by atoms with Gasteiger partial charge in [-0.2, -0.15) is 0 Å². The molecule has 0 radical (unpaired) electrons. The van der Waals surface area contributed by atoms with Crippen LogP contribution in [0.25, 0.3) is 33.2 Å². The molecule has 0 aliphatic heterocycles. The van der Waals surface area contributed by atoms with Gasteiger partial charge in [0.05, 0.1) is 5.52 Å². The molecule has 108 valence electrons. The van der Waals surface area contributed by atoms with Gasteiger partial charge >= 0.3 is 0 Å². The molecule has 0 atom stereocenters. The fourth-order valence-corrected chi connectivity index (χ4v) is 2.86. The lowest BCUT2D eigenvalue weighted by molar-refractivity contribution is 1.26. The van der Waals surface area contributed by atoms with E-state index in [4.69, 9.17) is 0 Å². The van der Waals surface area contributed by atoms with Crippen LogP contribution in [0.15, 0.2) is 72.8 Å². The lowest BCUT2D eigenvalue weighted by Crippen LogP contribution is -1.88. The van der Waals surface area contributed by atoms with Crippen molar-refractivity contribution in [3.8, 4) is 22.3 Å². The van der Waals surface area contributed by atoms with Gasteiger partial charge in [-0.05, 0) is 36.8 Å². The highest BCUT2D eigenvalue weighted by atomic mass is 14.7. The molecule has 23 heavy (non-hydrogen) atoms. The fourth-order valence-electron chi connectivity index (χ4n) is 2.86. The molecule has 0 spiro atoms. The molecule has 0 bridgehead atoms. The van der Waals surface area contributed by atoms with Crippen LogP contribution < -0.4 is 0 Å². The van der Waals surface area contributed by atoms with Crippen LogP contribution in [0.5, 0.6) is 0 Å². The predicted molar refractivity (Wildman–Crippen MR) is 95.0 cm³/mol. The van der Waals surface area contributed by atoms with Gasteiger partial charge < -0.3 is 0 Å². The molecule has 0 N–H and O–H groups in total. The van der Waals surface area contributed by atoms with Crippen molar-refractivity contribution in [2.24, 2.45) is 0 Å². The van der Waals surface area contributed by atoms with Crippen LogP contribution in [0.4, 0.5) is 0 Å². The zero-order valence-electron chi connectivity index (χ0n) is 12.9. The van der Waals surface area contributed by atoms with Gasteiger partial charge in [0.2, 0.25) is 0 Å². The lowest BCUT2D eigenvalue weighted by atomic mass is 9.99. The van der Waals surface area contributed by atoms with Gasteiger partial charge in [-0.25, -0.2) is 0 Å². The summed E-state index contributed by atoms with van der Waals surface area (Å²) in [7, 11) is 0. The third-order valence-corrected chi connectivity index (χ3v) is 3.97. The van der Waals surface area contributed by atoms with Crippen LogP contribution in [0.3, 0.4) is 0 Å². The van der Waals surface area contributed by atoms with E-state index in [1.165, 1.54) is 0 Å². The van der Waals surface area contributed by atoms with E-state index in [-0.39, 0.29) is 0 Å². The third kappa shape index (κ3) is 2.56. The minimum Gasteiger partial charge on any atom is -0.253 e. The number of hydrogen-bond donors (Lipinski definition) is 0. The molecule has 0 saturated heterocycles. The summed E-state index contributed by atoms with van der Waals surface area (Å²) in [5, 5.41) is 1.15. The minimum atomic E-state index is 1.01. The van der Waals surface area contributed by atoms with Crippen LogP contribution in [-0.2, 0) is 0 Å². The lowest BCUT2D eigenvalue weighted by Gasteiger charge is -2.07. The summed E-state index contributed by atoms with van der Waals surface area (Å²) in [5.74, 6) is 0. The Balaban J connectivity index is 1.83. The summed E-state index contributed by atoms with van der Waals surface area (Å²) >= 11 is 0. The summed E-state index contributed by atoms with van der Waals surface area (Å²) in [5.41, 5.74) is 6.45. The summed E-state index contributed by atoms with van der Waals surface area (Å²) in [6.45, 7) is 2.03. The Morgan fingerprint density at radius 2 is 1.43 bits per heavy atom. The van der Waals surface area contributed by atoms with E-state index in [2.05, 4.69) is 53.5 Å². The third-order valence-electron chi connectivity index (χ3n) is 3.97. The van der Waals surface area contributed by atoms with Gasteiger partial charge in [-0.15, -0.1) is 0 Å². The number of nitrogens with zero attached hydrogens (tertiary/aromatic N) is 1. The predicted octanol–water partition coefficient (Wildman–Crippen LogP) is 5.48. The Hall–Kier alpha value is -3.11. The number of para-hydroxylation sites is 1. The van der Waals surface area contributed by atoms with E-state index >= 15 is 0 Å². The summed E-state index contributed by atoms with van der Waals surface area (Å²) in [6.07, 6.45) is 0. The number of rotatable bonds is 2. The SMILES string of the molecule is Cc1cc(-c2c#cc(-c3ccccc3)cc2)c2ccccc2n1. The maximum Gasteiger partial charge on any atom is 0.0711 e. The van der Waals surface area contributed by atoms with Crippen LogP contribution in [0.2, 0.25) is 0 Å². The van der Waals surface area contributed by atoms with Crippen LogP contribution in [-0.4, -0.2) is 4.98 Å². The Bertz CT molecular complexity index is 954. The average Bonchev–Trinajstić information content (AvgIpc) is 2.62. The fraction of sp³-hybridized carbons (Fsp3) is 0.0455. The normalized spacial score (nSPS) is 10.5.